The smallest absolute Gasteiger partial charge is 0.305 e. The first kappa shape index (κ1) is 22.4. The normalized spacial score (nSPS) is 10.1. The molecule has 2 aromatic rings. The second kappa shape index (κ2) is 12.5. The SMILES string of the molecule is COc1cccc(NC(=S)NC(=O)CCCC(=O)OCCCc2ccccc2)c1. The van der Waals surface area contributed by atoms with E-state index in [0.717, 1.165) is 12.8 Å². The van der Waals surface area contributed by atoms with Gasteiger partial charge in [-0.05, 0) is 49.2 Å². The third-order valence-corrected chi connectivity index (χ3v) is 4.29. The zero-order valence-corrected chi connectivity index (χ0v) is 17.3. The van der Waals surface area contributed by atoms with Crippen LogP contribution in [-0.2, 0) is 20.7 Å². The van der Waals surface area contributed by atoms with Gasteiger partial charge in [0.25, 0.3) is 0 Å². The van der Waals surface area contributed by atoms with Crippen molar-refractivity contribution in [3.63, 3.8) is 0 Å². The number of thiocarbonyl (C=S) groups is 1. The number of benzene rings is 2. The van der Waals surface area contributed by atoms with Crippen LogP contribution in [0.15, 0.2) is 54.6 Å². The van der Waals surface area contributed by atoms with Gasteiger partial charge in [0.15, 0.2) is 5.11 Å². The summed E-state index contributed by atoms with van der Waals surface area (Å²) >= 11 is 5.13. The fourth-order valence-corrected chi connectivity index (χ4v) is 2.86. The summed E-state index contributed by atoms with van der Waals surface area (Å²) in [6.07, 6.45) is 2.45. The number of rotatable bonds is 10. The van der Waals surface area contributed by atoms with Crippen LogP contribution in [0.4, 0.5) is 5.69 Å². The van der Waals surface area contributed by atoms with Crippen LogP contribution in [0.5, 0.6) is 5.75 Å². The van der Waals surface area contributed by atoms with Gasteiger partial charge in [-0.25, -0.2) is 0 Å². The summed E-state index contributed by atoms with van der Waals surface area (Å²) in [6.45, 7) is 0.383. The van der Waals surface area contributed by atoms with E-state index in [2.05, 4.69) is 10.6 Å². The highest BCUT2D eigenvalue weighted by Crippen LogP contribution is 2.16. The maximum Gasteiger partial charge on any atom is 0.305 e. The van der Waals surface area contributed by atoms with E-state index in [4.69, 9.17) is 21.7 Å². The molecule has 0 heterocycles. The maximum absolute atomic E-state index is 12.0. The molecule has 0 unspecified atom stereocenters. The first-order valence-electron chi connectivity index (χ1n) is 9.51. The minimum Gasteiger partial charge on any atom is -0.497 e. The fraction of sp³-hybridized carbons (Fsp3) is 0.318. The number of ether oxygens (including phenoxy) is 2. The second-order valence-corrected chi connectivity index (χ2v) is 6.81. The van der Waals surface area contributed by atoms with E-state index in [1.165, 1.54) is 5.56 Å². The van der Waals surface area contributed by atoms with Crippen LogP contribution in [0.1, 0.15) is 31.2 Å². The number of esters is 1. The zero-order valence-electron chi connectivity index (χ0n) is 16.5. The van der Waals surface area contributed by atoms with E-state index < -0.39 is 0 Å². The zero-order chi connectivity index (χ0) is 20.9. The molecule has 0 atom stereocenters. The molecule has 2 rings (SSSR count). The molecule has 0 saturated heterocycles. The molecule has 2 N–H and O–H groups in total. The predicted octanol–water partition coefficient (Wildman–Crippen LogP) is 3.85. The Labute approximate surface area is 176 Å². The molecule has 0 aliphatic heterocycles. The molecule has 154 valence electrons. The summed E-state index contributed by atoms with van der Waals surface area (Å²) < 4.78 is 10.3. The molecule has 7 heteroatoms. The molecule has 2 aromatic carbocycles. The Kier molecular flexibility index (Phi) is 9.65. The van der Waals surface area contributed by atoms with Crippen LogP contribution in [0.2, 0.25) is 0 Å². The third-order valence-electron chi connectivity index (χ3n) is 4.08. The van der Waals surface area contributed by atoms with E-state index in [9.17, 15) is 9.59 Å². The van der Waals surface area contributed by atoms with E-state index in [1.807, 2.05) is 48.5 Å². The Bertz CT molecular complexity index is 811. The van der Waals surface area contributed by atoms with E-state index in [-0.39, 0.29) is 29.8 Å². The molecule has 0 spiro atoms. The molecular formula is C22H26N2O4S. The highest BCUT2D eigenvalue weighted by Gasteiger charge is 2.08. The average Bonchev–Trinajstić information content (AvgIpc) is 2.72. The van der Waals surface area contributed by atoms with Crippen molar-refractivity contribution in [3.05, 3.63) is 60.2 Å². The number of aryl methyl sites for hydroxylation is 1. The number of anilines is 1. The second-order valence-electron chi connectivity index (χ2n) is 6.40. The molecule has 0 saturated carbocycles. The van der Waals surface area contributed by atoms with Gasteiger partial charge in [-0.15, -0.1) is 0 Å². The molecule has 0 radical (unpaired) electrons. The van der Waals surface area contributed by atoms with Gasteiger partial charge in [-0.1, -0.05) is 36.4 Å². The first-order valence-corrected chi connectivity index (χ1v) is 9.92. The van der Waals surface area contributed by atoms with Crippen LogP contribution in [0.25, 0.3) is 0 Å². The number of hydrogen-bond donors (Lipinski definition) is 2. The first-order chi connectivity index (χ1) is 14.1. The van der Waals surface area contributed by atoms with Crippen molar-refractivity contribution >= 4 is 34.9 Å². The van der Waals surface area contributed by atoms with Gasteiger partial charge in [0.05, 0.1) is 13.7 Å². The number of nitrogens with one attached hydrogen (secondary N) is 2. The highest BCUT2D eigenvalue weighted by molar-refractivity contribution is 7.80. The van der Waals surface area contributed by atoms with Crippen LogP contribution in [-0.4, -0.2) is 30.7 Å². The standard InChI is InChI=1S/C22H26N2O4S/c1-27-19-12-5-11-18(16-19)23-22(29)24-20(25)13-6-14-21(26)28-15-7-10-17-8-3-2-4-9-17/h2-5,8-9,11-12,16H,6-7,10,13-15H2,1H3,(H2,23,24,25,29). The average molecular weight is 415 g/mol. The van der Waals surface area contributed by atoms with E-state index in [1.54, 1.807) is 13.2 Å². The van der Waals surface area contributed by atoms with Gasteiger partial charge in [0.2, 0.25) is 5.91 Å². The summed E-state index contributed by atoms with van der Waals surface area (Å²) in [5, 5.41) is 5.72. The molecule has 0 fully saturated rings. The summed E-state index contributed by atoms with van der Waals surface area (Å²) in [5.74, 6) is 0.150. The van der Waals surface area contributed by atoms with Gasteiger partial charge in [-0.2, -0.15) is 0 Å². The Morgan fingerprint density at radius 2 is 1.79 bits per heavy atom. The number of carbonyl (C=O) groups excluding carboxylic acids is 2. The lowest BCUT2D eigenvalue weighted by atomic mass is 10.1. The van der Waals surface area contributed by atoms with Crippen molar-refractivity contribution in [3.8, 4) is 5.75 Å². The van der Waals surface area contributed by atoms with Crippen LogP contribution < -0.4 is 15.4 Å². The maximum atomic E-state index is 12.0. The minimum atomic E-state index is -0.289. The highest BCUT2D eigenvalue weighted by atomic mass is 32.1. The van der Waals surface area contributed by atoms with Crippen molar-refractivity contribution < 1.29 is 19.1 Å². The van der Waals surface area contributed by atoms with Gasteiger partial charge in [0, 0.05) is 24.6 Å². The summed E-state index contributed by atoms with van der Waals surface area (Å²) in [6, 6.07) is 17.3. The van der Waals surface area contributed by atoms with Crippen molar-refractivity contribution in [1.29, 1.82) is 0 Å². The minimum absolute atomic E-state index is 0.193. The van der Waals surface area contributed by atoms with Crippen LogP contribution in [0, 0.1) is 0 Å². The van der Waals surface area contributed by atoms with Gasteiger partial charge < -0.3 is 20.1 Å². The Balaban J connectivity index is 1.56. The quantitative estimate of drug-likeness (QED) is 0.349. The molecule has 0 bridgehead atoms. The lowest BCUT2D eigenvalue weighted by molar-refractivity contribution is -0.143. The molecule has 1 amide bonds. The van der Waals surface area contributed by atoms with E-state index in [0.29, 0.717) is 24.5 Å². The molecule has 0 aromatic heterocycles. The predicted molar refractivity (Wildman–Crippen MR) is 117 cm³/mol. The van der Waals surface area contributed by atoms with Crippen LogP contribution >= 0.6 is 12.2 Å². The Hall–Kier alpha value is -2.93. The van der Waals surface area contributed by atoms with Crippen molar-refractivity contribution in [1.82, 2.24) is 5.32 Å². The lowest BCUT2D eigenvalue weighted by Gasteiger charge is -2.10. The van der Waals surface area contributed by atoms with Crippen molar-refractivity contribution in [2.75, 3.05) is 19.0 Å². The fourth-order valence-electron chi connectivity index (χ4n) is 2.62. The molecule has 6 nitrogen and oxygen atoms in total. The number of amides is 1. The summed E-state index contributed by atoms with van der Waals surface area (Å²) in [7, 11) is 1.58. The molecule has 0 aliphatic rings. The Morgan fingerprint density at radius 3 is 2.55 bits per heavy atom. The number of methoxy groups -OCH3 is 1. The largest absolute Gasteiger partial charge is 0.497 e. The van der Waals surface area contributed by atoms with Gasteiger partial charge in [0.1, 0.15) is 5.75 Å². The summed E-state index contributed by atoms with van der Waals surface area (Å²) in [4.78, 5) is 23.7. The van der Waals surface area contributed by atoms with Crippen LogP contribution in [0.3, 0.4) is 0 Å². The number of carbonyl (C=O) groups is 2. The molecular weight excluding hydrogens is 388 g/mol. The van der Waals surface area contributed by atoms with Gasteiger partial charge in [-0.3, -0.25) is 9.59 Å². The van der Waals surface area contributed by atoms with Crippen molar-refractivity contribution in [2.45, 2.75) is 32.1 Å². The topological polar surface area (TPSA) is 76.7 Å². The Morgan fingerprint density at radius 1 is 1.00 bits per heavy atom. The van der Waals surface area contributed by atoms with E-state index >= 15 is 0 Å². The van der Waals surface area contributed by atoms with Crippen molar-refractivity contribution in [2.24, 2.45) is 0 Å². The lowest BCUT2D eigenvalue weighted by Crippen LogP contribution is -2.34. The van der Waals surface area contributed by atoms with Gasteiger partial charge >= 0.3 is 5.97 Å². The third kappa shape index (κ3) is 9.21. The number of hydrogen-bond acceptors (Lipinski definition) is 5. The monoisotopic (exact) mass is 414 g/mol. The molecule has 29 heavy (non-hydrogen) atoms. The molecule has 0 aliphatic carbocycles. The summed E-state index contributed by atoms with van der Waals surface area (Å²) in [5.41, 5.74) is 1.94.